The van der Waals surface area contributed by atoms with E-state index in [4.69, 9.17) is 16.7 Å². The van der Waals surface area contributed by atoms with Crippen molar-refractivity contribution in [1.82, 2.24) is 25.0 Å². The maximum atomic E-state index is 13.0. The number of aromatic amines is 1. The Morgan fingerprint density at radius 1 is 1.15 bits per heavy atom. The van der Waals surface area contributed by atoms with Crippen LogP contribution in [0.5, 0.6) is 5.75 Å². The Bertz CT molecular complexity index is 1410. The monoisotopic (exact) mass is 587 g/mol. The second-order valence-corrected chi connectivity index (χ2v) is 11.3. The van der Waals surface area contributed by atoms with Crippen LogP contribution in [-0.4, -0.2) is 93.0 Å². The molecule has 0 saturated carbocycles. The molecule has 3 saturated heterocycles. The number of carbonyl (C=O) groups excluding carboxylic acids is 1. The first kappa shape index (κ1) is 27.2. The van der Waals surface area contributed by atoms with E-state index in [9.17, 15) is 18.4 Å². The Morgan fingerprint density at radius 3 is 2.46 bits per heavy atom. The third kappa shape index (κ3) is 5.77. The van der Waals surface area contributed by atoms with Gasteiger partial charge in [0.05, 0.1) is 11.3 Å². The number of benzene rings is 1. The SMILES string of the molecule is O=C(Nc1ccc(OC(F)(F)Cl)cc1)c1cnc(N2CC3(CCN(C4CN(C(=O)O)C4)CC3)C2)c(-c2ccn[nH]2)c1. The zero-order valence-corrected chi connectivity index (χ0v) is 22.7. The molecule has 2 aromatic heterocycles. The number of rotatable bonds is 7. The van der Waals surface area contributed by atoms with Gasteiger partial charge in [-0.1, -0.05) is 0 Å². The Labute approximate surface area is 239 Å². The smallest absolute Gasteiger partial charge is 0.465 e. The van der Waals surface area contributed by atoms with Gasteiger partial charge in [0, 0.05) is 72.9 Å². The average Bonchev–Trinajstić information content (AvgIpc) is 3.42. The number of hydrogen-bond donors (Lipinski definition) is 3. The molecule has 3 aliphatic rings. The predicted molar refractivity (Wildman–Crippen MR) is 146 cm³/mol. The minimum Gasteiger partial charge on any atom is -0.465 e. The Hall–Kier alpha value is -3.97. The summed E-state index contributed by atoms with van der Waals surface area (Å²) in [6.45, 7) is 4.77. The molecule has 11 nitrogen and oxygen atoms in total. The van der Waals surface area contributed by atoms with Crippen LogP contribution in [0.3, 0.4) is 0 Å². The van der Waals surface area contributed by atoms with Crippen molar-refractivity contribution in [2.45, 2.75) is 24.5 Å². The molecule has 3 N–H and O–H groups in total. The minimum absolute atomic E-state index is 0.138. The van der Waals surface area contributed by atoms with Crippen LogP contribution in [0.15, 0.2) is 48.8 Å². The number of H-pyrrole nitrogens is 1. The van der Waals surface area contributed by atoms with Crippen LogP contribution in [0.1, 0.15) is 23.2 Å². The molecule has 6 rings (SSSR count). The van der Waals surface area contributed by atoms with E-state index in [1.54, 1.807) is 12.3 Å². The van der Waals surface area contributed by atoms with Gasteiger partial charge in [-0.15, -0.1) is 8.78 Å². The number of aromatic nitrogens is 3. The van der Waals surface area contributed by atoms with E-state index < -0.39 is 17.6 Å². The molecule has 216 valence electrons. The van der Waals surface area contributed by atoms with Gasteiger partial charge in [-0.2, -0.15) is 5.10 Å². The van der Waals surface area contributed by atoms with Crippen molar-refractivity contribution in [3.05, 3.63) is 54.4 Å². The first-order chi connectivity index (χ1) is 19.6. The van der Waals surface area contributed by atoms with Gasteiger partial charge in [-0.05, 0) is 62.3 Å². The van der Waals surface area contributed by atoms with Crippen molar-refractivity contribution in [3.8, 4) is 17.0 Å². The number of alkyl halides is 3. The summed E-state index contributed by atoms with van der Waals surface area (Å²) in [5.74, 6) is 0.214. The maximum Gasteiger partial charge on any atom is 0.487 e. The first-order valence-electron chi connectivity index (χ1n) is 13.2. The Morgan fingerprint density at radius 2 is 1.85 bits per heavy atom. The molecule has 1 spiro atoms. The number of carbonyl (C=O) groups is 2. The molecule has 0 radical (unpaired) electrons. The molecule has 0 aliphatic carbocycles. The topological polar surface area (TPSA) is 127 Å². The third-order valence-electron chi connectivity index (χ3n) is 8.13. The van der Waals surface area contributed by atoms with E-state index in [0.29, 0.717) is 30.4 Å². The molecule has 3 fully saturated rings. The number of nitrogens with one attached hydrogen (secondary N) is 2. The number of carboxylic acid groups (broad SMARTS) is 1. The van der Waals surface area contributed by atoms with Crippen molar-refractivity contribution in [2.24, 2.45) is 5.41 Å². The van der Waals surface area contributed by atoms with E-state index in [-0.39, 0.29) is 11.2 Å². The van der Waals surface area contributed by atoms with Gasteiger partial charge in [-0.3, -0.25) is 14.8 Å². The summed E-state index contributed by atoms with van der Waals surface area (Å²) in [4.78, 5) is 34.8. The van der Waals surface area contributed by atoms with Gasteiger partial charge in [0.2, 0.25) is 0 Å². The summed E-state index contributed by atoms with van der Waals surface area (Å²) in [5, 5.41) is 18.9. The van der Waals surface area contributed by atoms with Gasteiger partial charge in [0.15, 0.2) is 0 Å². The van der Waals surface area contributed by atoms with Gasteiger partial charge in [-0.25, -0.2) is 9.78 Å². The summed E-state index contributed by atoms with van der Waals surface area (Å²) in [6, 6.07) is 9.33. The van der Waals surface area contributed by atoms with Gasteiger partial charge in [0.25, 0.3) is 5.91 Å². The van der Waals surface area contributed by atoms with Crippen LogP contribution >= 0.6 is 11.6 Å². The second-order valence-electron chi connectivity index (χ2n) is 10.8. The van der Waals surface area contributed by atoms with Gasteiger partial charge < -0.3 is 25.0 Å². The minimum atomic E-state index is -3.82. The fourth-order valence-electron chi connectivity index (χ4n) is 5.82. The molecule has 3 aliphatic heterocycles. The lowest BCUT2D eigenvalue weighted by atomic mass is 9.71. The fraction of sp³-hybridized carbons (Fsp3) is 0.407. The highest BCUT2D eigenvalue weighted by Crippen LogP contribution is 2.45. The number of amides is 2. The number of piperidine rings is 1. The highest BCUT2D eigenvalue weighted by molar-refractivity contribution is 6.20. The van der Waals surface area contributed by atoms with E-state index in [0.717, 1.165) is 56.1 Å². The van der Waals surface area contributed by atoms with E-state index in [2.05, 4.69) is 35.0 Å². The molecule has 3 aromatic rings. The van der Waals surface area contributed by atoms with E-state index in [1.807, 2.05) is 6.07 Å². The summed E-state index contributed by atoms with van der Waals surface area (Å²) >= 11 is 4.80. The fourth-order valence-corrected chi connectivity index (χ4v) is 5.91. The number of nitrogens with zero attached hydrogens (tertiary/aromatic N) is 5. The summed E-state index contributed by atoms with van der Waals surface area (Å²) < 4.78 is 30.0. The molecule has 2 amide bonds. The lowest BCUT2D eigenvalue weighted by Crippen LogP contribution is -2.66. The van der Waals surface area contributed by atoms with Crippen molar-refractivity contribution in [1.29, 1.82) is 0 Å². The van der Waals surface area contributed by atoms with Gasteiger partial charge in [0.1, 0.15) is 11.6 Å². The van der Waals surface area contributed by atoms with E-state index in [1.165, 1.54) is 35.4 Å². The number of pyridine rings is 1. The predicted octanol–water partition coefficient (Wildman–Crippen LogP) is 4.16. The Balaban J connectivity index is 1.11. The summed E-state index contributed by atoms with van der Waals surface area (Å²) in [6.07, 6.45) is 4.39. The number of ether oxygens (including phenoxy) is 1. The molecule has 0 unspecified atom stereocenters. The van der Waals surface area contributed by atoms with Crippen LogP contribution in [0.2, 0.25) is 0 Å². The molecule has 14 heteroatoms. The maximum absolute atomic E-state index is 13.0. The lowest BCUT2D eigenvalue weighted by molar-refractivity contribution is -0.0964. The van der Waals surface area contributed by atoms with E-state index >= 15 is 0 Å². The van der Waals surface area contributed by atoms with Crippen LogP contribution in [0, 0.1) is 5.41 Å². The van der Waals surface area contributed by atoms with Crippen LogP contribution in [-0.2, 0) is 0 Å². The van der Waals surface area contributed by atoms with Crippen molar-refractivity contribution in [3.63, 3.8) is 0 Å². The van der Waals surface area contributed by atoms with Crippen LogP contribution in [0.4, 0.5) is 25.1 Å². The Kier molecular flexibility index (Phi) is 6.94. The molecular weight excluding hydrogens is 560 g/mol. The number of anilines is 2. The number of hydrogen-bond acceptors (Lipinski definition) is 7. The lowest BCUT2D eigenvalue weighted by Gasteiger charge is -2.56. The zero-order chi connectivity index (χ0) is 28.8. The molecule has 0 atom stereocenters. The van der Waals surface area contributed by atoms with Crippen molar-refractivity contribution in [2.75, 3.05) is 49.5 Å². The van der Waals surface area contributed by atoms with Crippen molar-refractivity contribution >= 4 is 35.1 Å². The molecular formula is C27H28ClF2N7O4. The highest BCUT2D eigenvalue weighted by Gasteiger charge is 2.48. The quantitative estimate of drug-likeness (QED) is 0.352. The number of halogens is 3. The van der Waals surface area contributed by atoms with Crippen LogP contribution < -0.4 is 15.0 Å². The first-order valence-corrected chi connectivity index (χ1v) is 13.6. The normalized spacial score (nSPS) is 19.0. The third-order valence-corrected chi connectivity index (χ3v) is 8.20. The molecule has 1 aromatic carbocycles. The second kappa shape index (κ2) is 10.5. The highest BCUT2D eigenvalue weighted by atomic mass is 35.5. The average molecular weight is 588 g/mol. The van der Waals surface area contributed by atoms with Gasteiger partial charge >= 0.3 is 11.7 Å². The molecule has 41 heavy (non-hydrogen) atoms. The largest absolute Gasteiger partial charge is 0.487 e. The van der Waals surface area contributed by atoms with Crippen LogP contribution in [0.25, 0.3) is 11.3 Å². The zero-order valence-electron chi connectivity index (χ0n) is 21.9. The number of likely N-dealkylation sites (tertiary alicyclic amines) is 2. The van der Waals surface area contributed by atoms with Crippen molar-refractivity contribution < 1.29 is 28.2 Å². The summed E-state index contributed by atoms with van der Waals surface area (Å²) in [7, 11) is 0. The molecule has 0 bridgehead atoms. The molecule has 5 heterocycles. The standard InChI is InChI=1S/C27H28ClF2N7O4/c28-27(29,30)41-20-3-1-18(2-4-20)33-24(38)17-11-21(22-5-8-32-34-22)23(31-12-17)37-15-26(16-37)6-9-35(10-7-26)19-13-36(14-19)25(39)40/h1-5,8,11-12,19H,6-7,9-10,13-16H2,(H,32,34)(H,33,38)(H,39,40). The summed E-state index contributed by atoms with van der Waals surface area (Å²) in [5.41, 5.74) is -1.44.